The highest BCUT2D eigenvalue weighted by Gasteiger charge is 2.25. The highest BCUT2D eigenvalue weighted by atomic mass is 16.3. The normalized spacial score (nSPS) is 10.5. The van der Waals surface area contributed by atoms with Crippen LogP contribution in [0.4, 0.5) is 5.69 Å². The van der Waals surface area contributed by atoms with E-state index < -0.39 is 28.4 Å². The van der Waals surface area contributed by atoms with Gasteiger partial charge in [-0.15, -0.1) is 0 Å². The molecule has 104 valence electrons. The molecule has 0 fully saturated rings. The largest absolute Gasteiger partial charge is 0.506 e. The fourth-order valence-corrected chi connectivity index (χ4v) is 1.96. The average Bonchev–Trinajstić information content (AvgIpc) is 2.28. The summed E-state index contributed by atoms with van der Waals surface area (Å²) in [5.41, 5.74) is -0.869. The summed E-state index contributed by atoms with van der Waals surface area (Å²) in [5, 5.41) is 29.5. The van der Waals surface area contributed by atoms with Crippen LogP contribution in [0, 0.1) is 5.92 Å². The summed E-state index contributed by atoms with van der Waals surface area (Å²) in [6.07, 6.45) is 0.480. The zero-order chi connectivity index (χ0) is 14.7. The minimum atomic E-state index is -0.721. The lowest BCUT2D eigenvalue weighted by molar-refractivity contribution is 0.111. The quantitative estimate of drug-likeness (QED) is 0.700. The van der Waals surface area contributed by atoms with Gasteiger partial charge in [-0.25, -0.2) is 0 Å². The molecule has 0 aromatic heterocycles. The second-order valence-corrected chi connectivity index (χ2v) is 4.73. The van der Waals surface area contributed by atoms with E-state index >= 15 is 0 Å². The Balaban J connectivity index is 3.54. The smallest absolute Gasteiger partial charge is 0.157 e. The van der Waals surface area contributed by atoms with Gasteiger partial charge in [0, 0.05) is 13.6 Å². The number of anilines is 1. The number of aromatic hydroxyl groups is 3. The Morgan fingerprint density at radius 3 is 1.74 bits per heavy atom. The highest BCUT2D eigenvalue weighted by molar-refractivity contribution is 5.98. The van der Waals surface area contributed by atoms with Crippen LogP contribution < -0.4 is 4.90 Å². The molecule has 0 saturated carbocycles. The zero-order valence-corrected chi connectivity index (χ0v) is 11.0. The Labute approximate surface area is 110 Å². The standard InChI is InChI=1S/C13H17NO5/c1-7(2)4-14(3)10-12(18)8(5-15)11(17)9(6-16)13(10)19/h5-7,17-19H,4H2,1-3H3. The number of aldehydes is 2. The highest BCUT2D eigenvalue weighted by Crippen LogP contribution is 2.45. The van der Waals surface area contributed by atoms with Crippen molar-refractivity contribution in [3.63, 3.8) is 0 Å². The molecule has 0 bridgehead atoms. The first kappa shape index (κ1) is 14.8. The predicted molar refractivity (Wildman–Crippen MR) is 70.3 cm³/mol. The first-order valence-corrected chi connectivity index (χ1v) is 5.77. The number of phenols is 3. The van der Waals surface area contributed by atoms with Crippen LogP contribution in [0.25, 0.3) is 0 Å². The fraction of sp³-hybridized carbons (Fsp3) is 0.385. The lowest BCUT2D eigenvalue weighted by Gasteiger charge is -2.25. The van der Waals surface area contributed by atoms with Gasteiger partial charge in [-0.05, 0) is 5.92 Å². The van der Waals surface area contributed by atoms with E-state index in [4.69, 9.17) is 0 Å². The number of hydrogen-bond donors (Lipinski definition) is 3. The third kappa shape index (κ3) is 2.62. The molecule has 0 aliphatic rings. The van der Waals surface area contributed by atoms with Crippen molar-refractivity contribution in [1.29, 1.82) is 0 Å². The third-order valence-electron chi connectivity index (χ3n) is 2.73. The van der Waals surface area contributed by atoms with Crippen LogP contribution >= 0.6 is 0 Å². The van der Waals surface area contributed by atoms with Gasteiger partial charge in [-0.2, -0.15) is 0 Å². The number of rotatable bonds is 5. The van der Waals surface area contributed by atoms with Gasteiger partial charge in [0.2, 0.25) is 0 Å². The zero-order valence-electron chi connectivity index (χ0n) is 11.0. The molecule has 3 N–H and O–H groups in total. The summed E-state index contributed by atoms with van der Waals surface area (Å²) in [6, 6.07) is 0. The Morgan fingerprint density at radius 1 is 1.00 bits per heavy atom. The van der Waals surface area contributed by atoms with Crippen molar-refractivity contribution in [2.24, 2.45) is 5.92 Å². The number of hydrogen-bond acceptors (Lipinski definition) is 6. The molecule has 6 heteroatoms. The molecule has 0 saturated heterocycles. The summed E-state index contributed by atoms with van der Waals surface area (Å²) in [6.45, 7) is 4.36. The molecule has 0 radical (unpaired) electrons. The molecular formula is C13H17NO5. The molecule has 0 heterocycles. The molecular weight excluding hydrogens is 250 g/mol. The van der Waals surface area contributed by atoms with Crippen molar-refractivity contribution in [3.8, 4) is 17.2 Å². The minimum Gasteiger partial charge on any atom is -0.506 e. The van der Waals surface area contributed by atoms with E-state index in [2.05, 4.69) is 0 Å². The maximum Gasteiger partial charge on any atom is 0.157 e. The molecule has 0 aliphatic heterocycles. The second kappa shape index (κ2) is 5.60. The van der Waals surface area contributed by atoms with Crippen LogP contribution in [0.1, 0.15) is 34.6 Å². The molecule has 1 rings (SSSR count). The topological polar surface area (TPSA) is 98.1 Å². The molecule has 0 aliphatic carbocycles. The summed E-state index contributed by atoms with van der Waals surface area (Å²) < 4.78 is 0. The number of nitrogens with zero attached hydrogens (tertiary/aromatic N) is 1. The lowest BCUT2D eigenvalue weighted by Crippen LogP contribution is -2.23. The molecule has 0 amide bonds. The second-order valence-electron chi connectivity index (χ2n) is 4.73. The Bertz CT molecular complexity index is 475. The summed E-state index contributed by atoms with van der Waals surface area (Å²) in [7, 11) is 1.61. The molecule has 0 atom stereocenters. The van der Waals surface area contributed by atoms with Crippen LogP contribution in [-0.2, 0) is 0 Å². The first-order chi connectivity index (χ1) is 8.84. The van der Waals surface area contributed by atoms with E-state index in [1.165, 1.54) is 4.90 Å². The maximum atomic E-state index is 10.9. The molecule has 6 nitrogen and oxygen atoms in total. The summed E-state index contributed by atoms with van der Waals surface area (Å²) in [5.74, 6) is -1.57. The van der Waals surface area contributed by atoms with Crippen LogP contribution in [-0.4, -0.2) is 41.5 Å². The number of benzene rings is 1. The van der Waals surface area contributed by atoms with Crippen molar-refractivity contribution < 1.29 is 24.9 Å². The molecule has 19 heavy (non-hydrogen) atoms. The van der Waals surface area contributed by atoms with Crippen molar-refractivity contribution in [2.45, 2.75) is 13.8 Å². The van der Waals surface area contributed by atoms with E-state index in [1.54, 1.807) is 7.05 Å². The van der Waals surface area contributed by atoms with E-state index in [0.717, 1.165) is 0 Å². The predicted octanol–water partition coefficient (Wildman–Crippen LogP) is 1.52. The number of carbonyl (C=O) groups excluding carboxylic acids is 2. The van der Waals surface area contributed by atoms with Crippen molar-refractivity contribution >= 4 is 18.3 Å². The van der Waals surface area contributed by atoms with E-state index in [0.29, 0.717) is 6.54 Å². The fourth-order valence-electron chi connectivity index (χ4n) is 1.96. The van der Waals surface area contributed by atoms with Gasteiger partial charge < -0.3 is 20.2 Å². The van der Waals surface area contributed by atoms with Crippen molar-refractivity contribution in [2.75, 3.05) is 18.5 Å². The summed E-state index contributed by atoms with van der Waals surface area (Å²) in [4.78, 5) is 23.3. The Kier molecular flexibility index (Phi) is 4.37. The van der Waals surface area contributed by atoms with Gasteiger partial charge in [-0.3, -0.25) is 9.59 Å². The Hall–Kier alpha value is -2.24. The van der Waals surface area contributed by atoms with Gasteiger partial charge in [-0.1, -0.05) is 13.8 Å². The summed E-state index contributed by atoms with van der Waals surface area (Å²) >= 11 is 0. The number of phenolic OH excluding ortho intramolecular Hbond substituents is 3. The lowest BCUT2D eigenvalue weighted by atomic mass is 10.0. The molecule has 0 spiro atoms. The third-order valence-corrected chi connectivity index (χ3v) is 2.73. The van der Waals surface area contributed by atoms with Crippen LogP contribution in [0.3, 0.4) is 0 Å². The van der Waals surface area contributed by atoms with Crippen molar-refractivity contribution in [3.05, 3.63) is 11.1 Å². The SMILES string of the molecule is CC(C)CN(C)c1c(O)c(C=O)c(O)c(C=O)c1O. The first-order valence-electron chi connectivity index (χ1n) is 5.77. The monoisotopic (exact) mass is 267 g/mol. The van der Waals surface area contributed by atoms with Gasteiger partial charge >= 0.3 is 0 Å². The average molecular weight is 267 g/mol. The molecule has 1 aromatic carbocycles. The van der Waals surface area contributed by atoms with Crippen LogP contribution in [0.5, 0.6) is 17.2 Å². The van der Waals surface area contributed by atoms with Gasteiger partial charge in [0.1, 0.15) is 22.6 Å². The van der Waals surface area contributed by atoms with E-state index in [1.807, 2.05) is 13.8 Å². The van der Waals surface area contributed by atoms with Crippen molar-refractivity contribution in [1.82, 2.24) is 0 Å². The minimum absolute atomic E-state index is 0.0456. The van der Waals surface area contributed by atoms with Crippen LogP contribution in [0.15, 0.2) is 0 Å². The molecule has 0 unspecified atom stereocenters. The number of carbonyl (C=O) groups is 2. The van der Waals surface area contributed by atoms with Gasteiger partial charge in [0.15, 0.2) is 24.1 Å². The van der Waals surface area contributed by atoms with E-state index in [9.17, 15) is 24.9 Å². The molecule has 1 aromatic rings. The maximum absolute atomic E-state index is 10.9. The van der Waals surface area contributed by atoms with E-state index in [-0.39, 0.29) is 24.2 Å². The van der Waals surface area contributed by atoms with Gasteiger partial charge in [0.05, 0.1) is 0 Å². The van der Waals surface area contributed by atoms with Gasteiger partial charge in [0.25, 0.3) is 0 Å². The van der Waals surface area contributed by atoms with Crippen LogP contribution in [0.2, 0.25) is 0 Å². The Morgan fingerprint density at radius 2 is 1.42 bits per heavy atom.